The van der Waals surface area contributed by atoms with Crippen LogP contribution < -0.4 is 25.2 Å². The van der Waals surface area contributed by atoms with E-state index in [0.717, 1.165) is 5.56 Å². The fourth-order valence-corrected chi connectivity index (χ4v) is 4.85. The van der Waals surface area contributed by atoms with Crippen LogP contribution in [0.1, 0.15) is 44.8 Å². The van der Waals surface area contributed by atoms with Crippen molar-refractivity contribution in [3.8, 4) is 11.5 Å². The highest BCUT2D eigenvalue weighted by Gasteiger charge is 2.33. The van der Waals surface area contributed by atoms with Crippen molar-refractivity contribution in [3.05, 3.63) is 93.2 Å². The molecule has 5 rings (SSSR count). The number of carbonyl (C=O) groups is 2. The number of nitrogens with one attached hydrogen (secondary N) is 1. The summed E-state index contributed by atoms with van der Waals surface area (Å²) in [5, 5.41) is 4.61. The molecule has 0 radical (unpaired) electrons. The minimum absolute atomic E-state index is 0.0188. The Bertz CT molecular complexity index is 1500. The second-order valence-electron chi connectivity index (χ2n) is 10.3. The van der Waals surface area contributed by atoms with Gasteiger partial charge in [-0.25, -0.2) is 4.39 Å². The van der Waals surface area contributed by atoms with E-state index >= 15 is 0 Å². The van der Waals surface area contributed by atoms with Crippen molar-refractivity contribution in [2.45, 2.75) is 26.0 Å². The zero-order valence-corrected chi connectivity index (χ0v) is 24.1. The van der Waals surface area contributed by atoms with Crippen LogP contribution in [0.3, 0.4) is 0 Å². The molecule has 43 heavy (non-hydrogen) atoms. The molecule has 0 atom stereocenters. The summed E-state index contributed by atoms with van der Waals surface area (Å²) in [7, 11) is 1.64. The number of fused-ring (bicyclic) bond motifs is 2. The summed E-state index contributed by atoms with van der Waals surface area (Å²) in [5.74, 6) is -1.47. The number of halogens is 1. The van der Waals surface area contributed by atoms with Crippen LogP contribution in [0, 0.1) is 5.82 Å². The van der Waals surface area contributed by atoms with Gasteiger partial charge in [0.2, 0.25) is 5.43 Å². The van der Waals surface area contributed by atoms with Gasteiger partial charge < -0.3 is 29.2 Å². The van der Waals surface area contributed by atoms with E-state index in [1.54, 1.807) is 7.05 Å². The number of ether oxygens (including phenoxy) is 4. The van der Waals surface area contributed by atoms with E-state index in [1.807, 2.05) is 35.3 Å². The van der Waals surface area contributed by atoms with Crippen LogP contribution in [0.25, 0.3) is 0 Å². The Morgan fingerprint density at radius 2 is 1.72 bits per heavy atom. The van der Waals surface area contributed by atoms with E-state index in [0.29, 0.717) is 51.4 Å². The Morgan fingerprint density at radius 1 is 0.953 bits per heavy atom. The first-order valence-electron chi connectivity index (χ1n) is 14.2. The zero-order chi connectivity index (χ0) is 30.2. The van der Waals surface area contributed by atoms with Gasteiger partial charge in [-0.1, -0.05) is 36.4 Å². The normalized spacial score (nSPS) is 17.0. The Kier molecular flexibility index (Phi) is 9.90. The Hall–Kier alpha value is -4.42. The fraction of sp³-hybridized carbons (Fsp3) is 0.387. The van der Waals surface area contributed by atoms with Crippen molar-refractivity contribution in [1.29, 1.82) is 0 Å². The second kappa shape index (κ2) is 14.2. The van der Waals surface area contributed by atoms with Gasteiger partial charge in [-0.05, 0) is 18.1 Å². The van der Waals surface area contributed by atoms with Gasteiger partial charge in [0.25, 0.3) is 11.8 Å². The molecule has 1 N–H and O–H groups in total. The summed E-state index contributed by atoms with van der Waals surface area (Å²) in [6.07, 6.45) is 2.58. The minimum Gasteiger partial charge on any atom is -0.493 e. The van der Waals surface area contributed by atoms with Crippen molar-refractivity contribution in [1.82, 2.24) is 14.9 Å². The molecule has 12 heteroatoms. The van der Waals surface area contributed by atoms with Gasteiger partial charge in [0.1, 0.15) is 30.4 Å². The lowest BCUT2D eigenvalue weighted by Crippen LogP contribution is -2.54. The molecule has 0 fully saturated rings. The molecule has 0 aliphatic carbocycles. The van der Waals surface area contributed by atoms with Gasteiger partial charge in [-0.3, -0.25) is 24.1 Å². The van der Waals surface area contributed by atoms with Gasteiger partial charge in [0.05, 0.1) is 19.8 Å². The molecule has 3 aromatic rings. The molecule has 3 heterocycles. The smallest absolute Gasteiger partial charge is 0.277 e. The van der Waals surface area contributed by atoms with Gasteiger partial charge in [-0.15, -0.1) is 0 Å². The first-order chi connectivity index (χ1) is 20.9. The maximum absolute atomic E-state index is 14.0. The fourth-order valence-electron chi connectivity index (χ4n) is 4.85. The SMILES string of the molecule is CN1CN2CCCOCCOCCCOc3cc(F)ccc3CNC(=O)c3cn2c(c(OCc2ccccc2)c3=O)C1=O. The number of rotatable bonds is 3. The molecule has 2 aromatic carbocycles. The van der Waals surface area contributed by atoms with Crippen LogP contribution in [-0.4, -0.2) is 74.7 Å². The highest BCUT2D eigenvalue weighted by atomic mass is 19.1. The van der Waals surface area contributed by atoms with E-state index in [2.05, 4.69) is 5.32 Å². The topological polar surface area (TPSA) is 112 Å². The number of aromatic nitrogens is 1. The lowest BCUT2D eigenvalue weighted by molar-refractivity contribution is 0.0424. The maximum Gasteiger partial charge on any atom is 0.277 e. The van der Waals surface area contributed by atoms with Crippen LogP contribution in [0.5, 0.6) is 11.5 Å². The molecule has 1 aromatic heterocycles. The summed E-state index contributed by atoms with van der Waals surface area (Å²) in [6, 6.07) is 13.3. The number of pyridine rings is 1. The summed E-state index contributed by atoms with van der Waals surface area (Å²) in [4.78, 5) is 42.2. The van der Waals surface area contributed by atoms with E-state index in [9.17, 15) is 18.8 Å². The summed E-state index contributed by atoms with van der Waals surface area (Å²) in [5.41, 5.74) is 0.473. The third-order valence-corrected chi connectivity index (χ3v) is 7.08. The first-order valence-corrected chi connectivity index (χ1v) is 14.2. The van der Waals surface area contributed by atoms with Crippen LogP contribution >= 0.6 is 0 Å². The average Bonchev–Trinajstić information content (AvgIpc) is 3.00. The molecule has 0 saturated heterocycles. The predicted octanol–water partition coefficient (Wildman–Crippen LogP) is 2.68. The highest BCUT2D eigenvalue weighted by Crippen LogP contribution is 2.24. The summed E-state index contributed by atoms with van der Waals surface area (Å²) >= 11 is 0. The Balaban J connectivity index is 1.51. The van der Waals surface area contributed by atoms with Crippen molar-refractivity contribution >= 4 is 11.8 Å². The van der Waals surface area contributed by atoms with Crippen molar-refractivity contribution in [2.24, 2.45) is 0 Å². The largest absolute Gasteiger partial charge is 0.493 e. The number of benzene rings is 2. The van der Waals surface area contributed by atoms with Crippen molar-refractivity contribution in [2.75, 3.05) is 58.3 Å². The lowest BCUT2D eigenvalue weighted by Gasteiger charge is -2.38. The monoisotopic (exact) mass is 594 g/mol. The zero-order valence-electron chi connectivity index (χ0n) is 24.1. The predicted molar refractivity (Wildman–Crippen MR) is 155 cm³/mol. The number of amides is 2. The van der Waals surface area contributed by atoms with Gasteiger partial charge >= 0.3 is 0 Å². The van der Waals surface area contributed by atoms with E-state index < -0.39 is 23.1 Å². The molecule has 0 spiro atoms. The number of nitrogens with zero attached hydrogens (tertiary/aromatic N) is 3. The lowest BCUT2D eigenvalue weighted by atomic mass is 10.1. The second-order valence-corrected chi connectivity index (χ2v) is 10.3. The number of hydrogen-bond donors (Lipinski definition) is 1. The van der Waals surface area contributed by atoms with Crippen LogP contribution in [0.2, 0.25) is 0 Å². The molecule has 0 saturated carbocycles. The van der Waals surface area contributed by atoms with Crippen LogP contribution in [0.4, 0.5) is 4.39 Å². The summed E-state index contributed by atoms with van der Waals surface area (Å²) in [6.45, 7) is 2.74. The molecular formula is C31H35FN4O7. The van der Waals surface area contributed by atoms with E-state index in [4.69, 9.17) is 18.9 Å². The van der Waals surface area contributed by atoms with E-state index in [-0.39, 0.29) is 49.2 Å². The van der Waals surface area contributed by atoms with Crippen molar-refractivity contribution in [3.63, 3.8) is 0 Å². The Morgan fingerprint density at radius 3 is 2.51 bits per heavy atom. The third-order valence-electron chi connectivity index (χ3n) is 7.08. The average molecular weight is 595 g/mol. The van der Waals surface area contributed by atoms with E-state index in [1.165, 1.54) is 34.0 Å². The molecular weight excluding hydrogens is 559 g/mol. The maximum atomic E-state index is 14.0. The minimum atomic E-state index is -0.704. The molecule has 228 valence electrons. The highest BCUT2D eigenvalue weighted by molar-refractivity contribution is 5.99. The molecule has 2 amide bonds. The quantitative estimate of drug-likeness (QED) is 0.493. The molecule has 11 nitrogen and oxygen atoms in total. The standard InChI is InChI=1S/C31H35FN4O7/c1-34-21-35-11-5-12-40-15-16-41-13-6-14-42-26-17-24(32)10-9-23(26)18-33-30(38)25-19-36(35)27(31(34)39)29(28(25)37)43-20-22-7-3-2-4-8-22/h2-4,7-10,17,19H,5-6,11-16,18,20-21H2,1H3,(H,33,38). The van der Waals surface area contributed by atoms with Crippen molar-refractivity contribution < 1.29 is 32.9 Å². The van der Waals surface area contributed by atoms with Gasteiger partial charge in [0, 0.05) is 57.6 Å². The first kappa shape index (κ1) is 30.1. The molecule has 0 unspecified atom stereocenters. The number of hydrogen-bond acceptors (Lipinski definition) is 8. The third kappa shape index (κ3) is 7.33. The molecule has 2 aliphatic rings. The Labute approximate surface area is 248 Å². The summed E-state index contributed by atoms with van der Waals surface area (Å²) < 4.78 is 38.6. The molecule has 2 bridgehead atoms. The number of carbonyl (C=O) groups excluding carboxylic acids is 2. The van der Waals surface area contributed by atoms with Crippen LogP contribution in [-0.2, 0) is 22.6 Å². The van der Waals surface area contributed by atoms with Gasteiger partial charge in [-0.2, -0.15) is 0 Å². The molecule has 2 aliphatic heterocycles. The van der Waals surface area contributed by atoms with Crippen LogP contribution in [0.15, 0.2) is 59.5 Å². The van der Waals surface area contributed by atoms with Gasteiger partial charge in [0.15, 0.2) is 11.4 Å².